The molecule has 390 valence electrons. The first kappa shape index (κ1) is 49.4. The lowest BCUT2D eigenvalue weighted by Gasteiger charge is -2.59. The normalized spacial score (nSPS) is 34.8. The van der Waals surface area contributed by atoms with Crippen molar-refractivity contribution in [2.24, 2.45) is 62.0 Å². The topological polar surface area (TPSA) is 181 Å². The summed E-state index contributed by atoms with van der Waals surface area (Å²) < 4.78 is 0. The molecule has 0 saturated heterocycles. The fourth-order valence-corrected chi connectivity index (χ4v) is 19.2. The number of aliphatic imine (C=N–C) groups is 1. The van der Waals surface area contributed by atoms with Gasteiger partial charge < -0.3 is 42.0 Å². The first-order valence-electron chi connectivity index (χ1n) is 27.3. The summed E-state index contributed by atoms with van der Waals surface area (Å²) in [6, 6.07) is 16.0. The van der Waals surface area contributed by atoms with Gasteiger partial charge in [-0.1, -0.05) is 72.4 Å². The Morgan fingerprint density at radius 1 is 1.05 bits per heavy atom. The molecule has 0 radical (unpaired) electrons. The lowest BCUT2D eigenvalue weighted by molar-refractivity contribution is -0.0292. The molecule has 2 aromatic carbocycles. The quantitative estimate of drug-likeness (QED) is 0.0235. The Bertz CT molecular complexity index is 3430. The number of aromatic nitrogens is 2. The van der Waals surface area contributed by atoms with Crippen molar-refractivity contribution in [3.05, 3.63) is 140 Å². The highest BCUT2D eigenvalue weighted by atomic mass is 32.1. The Kier molecular flexibility index (Phi) is 11.8. The van der Waals surface area contributed by atoms with Crippen LogP contribution in [0.25, 0.3) is 15.8 Å². The molecule has 0 amide bonds. The number of H-pyrrole nitrogens is 1. The van der Waals surface area contributed by atoms with Crippen molar-refractivity contribution in [2.75, 3.05) is 32.6 Å². The van der Waals surface area contributed by atoms with Crippen molar-refractivity contribution in [2.45, 2.75) is 95.2 Å². The van der Waals surface area contributed by atoms with Crippen molar-refractivity contribution in [3.8, 4) is 39.2 Å². The van der Waals surface area contributed by atoms with Gasteiger partial charge in [-0.2, -0.15) is 0 Å². The van der Waals surface area contributed by atoms with Gasteiger partial charge in [0.05, 0.1) is 39.0 Å². The molecule has 13 heteroatoms. The van der Waals surface area contributed by atoms with E-state index < -0.39 is 33.3 Å². The molecule has 3 aromatic heterocycles. The molecule has 9 N–H and O–H groups in total. The number of phenols is 1. The van der Waals surface area contributed by atoms with Crippen LogP contribution in [0.1, 0.15) is 112 Å². The van der Waals surface area contributed by atoms with Gasteiger partial charge in [-0.05, 0) is 154 Å². The molecule has 9 aliphatic rings. The summed E-state index contributed by atoms with van der Waals surface area (Å²) in [7, 11) is 3.73. The first-order chi connectivity index (χ1) is 36.8. The number of aliphatic hydroxyl groups is 2. The van der Waals surface area contributed by atoms with Crippen LogP contribution in [0, 0.1) is 74.9 Å². The van der Waals surface area contributed by atoms with Gasteiger partial charge in [0.1, 0.15) is 5.75 Å². The molecule has 2 aliphatic heterocycles. The molecule has 7 aliphatic carbocycles. The predicted octanol–water partition coefficient (Wildman–Crippen LogP) is 9.22. The number of aliphatic hydroxyl groups excluding tert-OH is 1. The summed E-state index contributed by atoms with van der Waals surface area (Å²) in [6.45, 7) is 4.56. The van der Waals surface area contributed by atoms with Crippen LogP contribution in [0.15, 0.2) is 96.4 Å². The number of nitrogens with one attached hydrogen (secondary N) is 4. The fraction of sp³-hybridized carbons (Fsp3) is 0.444. The number of anilines is 1. The summed E-state index contributed by atoms with van der Waals surface area (Å²) in [5, 5.41) is 48.3. The van der Waals surface area contributed by atoms with E-state index in [-0.39, 0.29) is 59.7 Å². The predicted molar refractivity (Wildman–Crippen MR) is 303 cm³/mol. The van der Waals surface area contributed by atoms with Gasteiger partial charge in [0.2, 0.25) is 0 Å². The van der Waals surface area contributed by atoms with Crippen LogP contribution in [-0.2, 0) is 19.3 Å². The van der Waals surface area contributed by atoms with E-state index in [1.54, 1.807) is 36.0 Å². The van der Waals surface area contributed by atoms with E-state index in [1.807, 2.05) is 45.3 Å². The zero-order valence-electron chi connectivity index (χ0n) is 43.7. The van der Waals surface area contributed by atoms with Crippen LogP contribution in [-0.4, -0.2) is 82.0 Å². The number of guanidine groups is 1. The van der Waals surface area contributed by atoms with Crippen LogP contribution in [0.5, 0.6) is 5.75 Å². The third kappa shape index (κ3) is 7.22. The molecule has 0 unspecified atom stereocenters. The van der Waals surface area contributed by atoms with Crippen molar-refractivity contribution in [1.82, 2.24) is 20.6 Å². The minimum absolute atomic E-state index is 0.0269. The van der Waals surface area contributed by atoms with E-state index in [2.05, 4.69) is 121 Å². The zero-order valence-corrected chi connectivity index (χ0v) is 45.3. The van der Waals surface area contributed by atoms with Gasteiger partial charge >= 0.3 is 0 Å². The number of nitrogens with two attached hydrogens (primary N) is 1. The van der Waals surface area contributed by atoms with Gasteiger partial charge in [-0.3, -0.25) is 9.79 Å². The number of benzene rings is 2. The molecule has 3 fully saturated rings. The number of nitrogens with zero attached hydrogens (tertiary/aromatic N) is 2. The number of phenolic OH excluding ortho intramolecular Hbond substituents is 1. The molecule has 4 spiro atoms. The average Bonchev–Trinajstić information content (AvgIpc) is 4.40. The number of Topliss-reactive ketones (excluding diaryl/α,β-unsaturated/α-hetero) is 1. The number of hydrogen-bond donors (Lipinski definition) is 8. The molecular weight excluding hydrogens is 983 g/mol. The van der Waals surface area contributed by atoms with Crippen LogP contribution < -0.4 is 21.7 Å². The molecular formula is C63H67N7O4S2. The SMILES string of the molecule is CC#Cc1ccc(-c2ccc(C(=O)[C@H]3CC[C@]45C=C[C@H]6[C@]3(C4)C[C@@]3(CC[C@@H](CNC)[C@H]3CO)[C@@]63C=C[C@H]4c6cccc(c6Cc6cnc[nH]6)C[C@](C)(O)[C@H]6C=Cc7c(O)cc(c(c7N6)C#C[C@H]43)C[C@H]5NC(N)=NC)s2)s1. The Morgan fingerprint density at radius 2 is 1.91 bits per heavy atom. The molecule has 3 saturated carbocycles. The number of ketones is 1. The van der Waals surface area contributed by atoms with E-state index in [9.17, 15) is 15.3 Å². The largest absolute Gasteiger partial charge is 0.507 e. The number of carbonyl (C=O) groups excluding carboxylic acids is 1. The Balaban J connectivity index is 1.09. The van der Waals surface area contributed by atoms with Gasteiger partial charge in [0, 0.05) is 88.3 Å². The standard InChI is InChI=1S/C63H67N7O4S2/c1-5-7-40-10-14-50(75-40)51-15-16-52(76-51)57(73)47-20-22-60-23-21-53-61(47,33-60)34-62(24-18-37(30-65-3)48(62)32-71)63(53)25-19-43-42-9-6-8-36(45(42)28-39-31-67-35-68-39)29-59(2,74)54-17-12-44-49(72)26-38(27-55(60)70-58(64)66-4)41(56(44)69-54)11-13-46(43)63/h6,8-10,12,14-17,19,21,23,25-26,31,35,37,43,46-48,53-55,65,69,71-72,74H,18,20,22,24,27-30,32-34H2,1-4H3,(H,67,68)(H3,64,66,70)/t37-,43-,46+,47+,48+,53-,54+,55+,59-,60-,61+,62+,63+/m0/s1. The third-order valence-corrected chi connectivity index (χ3v) is 22.5. The molecule has 10 bridgehead atoms. The van der Waals surface area contributed by atoms with E-state index in [1.165, 1.54) is 5.56 Å². The highest BCUT2D eigenvalue weighted by molar-refractivity contribution is 7.23. The minimum Gasteiger partial charge on any atom is -0.507 e. The monoisotopic (exact) mass is 1050 g/mol. The summed E-state index contributed by atoms with van der Waals surface area (Å²) in [4.78, 5) is 32.5. The summed E-state index contributed by atoms with van der Waals surface area (Å²) in [5.74, 6) is 14.2. The second-order valence-corrected chi connectivity index (χ2v) is 25.8. The smallest absolute Gasteiger partial charge is 0.188 e. The number of imidazole rings is 1. The van der Waals surface area contributed by atoms with Crippen LogP contribution in [0.2, 0.25) is 0 Å². The Labute approximate surface area is 453 Å². The van der Waals surface area contributed by atoms with E-state index in [4.69, 9.17) is 5.73 Å². The van der Waals surface area contributed by atoms with Crippen LogP contribution in [0.4, 0.5) is 5.69 Å². The highest BCUT2D eigenvalue weighted by Gasteiger charge is 2.78. The number of aromatic hydroxyl groups is 1. The second-order valence-electron chi connectivity index (χ2n) is 23.7. The molecule has 5 aromatic rings. The van der Waals surface area contributed by atoms with Crippen molar-refractivity contribution in [1.29, 1.82) is 0 Å². The van der Waals surface area contributed by atoms with Crippen LogP contribution in [0.3, 0.4) is 0 Å². The van der Waals surface area contributed by atoms with Crippen LogP contribution >= 0.6 is 22.7 Å². The van der Waals surface area contributed by atoms with E-state index in [0.717, 1.165) is 86.1 Å². The summed E-state index contributed by atoms with van der Waals surface area (Å²) in [5.41, 5.74) is 10.7. The van der Waals surface area contributed by atoms with Crippen molar-refractivity contribution >= 4 is 46.2 Å². The first-order valence-corrected chi connectivity index (χ1v) is 28.9. The number of rotatable bonds is 9. The lowest BCUT2D eigenvalue weighted by atomic mass is 9.45. The highest BCUT2D eigenvalue weighted by Crippen LogP contribution is 2.83. The number of thiophene rings is 2. The molecule has 5 heterocycles. The maximum absolute atomic E-state index is 16.2. The minimum atomic E-state index is -1.27. The maximum Gasteiger partial charge on any atom is 0.188 e. The van der Waals surface area contributed by atoms with Gasteiger partial charge in [-0.15, -0.1) is 28.6 Å². The summed E-state index contributed by atoms with van der Waals surface area (Å²) in [6.07, 6.45) is 23.7. The van der Waals surface area contributed by atoms with Gasteiger partial charge in [0.25, 0.3) is 0 Å². The lowest BCUT2D eigenvalue weighted by Crippen LogP contribution is -2.59. The average molecular weight is 1050 g/mol. The van der Waals surface area contributed by atoms with E-state index in [0.29, 0.717) is 42.9 Å². The van der Waals surface area contributed by atoms with Gasteiger partial charge in [-0.25, -0.2) is 4.98 Å². The molecule has 13 atom stereocenters. The number of hydrogen-bond acceptors (Lipinski definition) is 10. The number of carbonyl (C=O) groups is 1. The fourth-order valence-electron chi connectivity index (χ4n) is 17.1. The van der Waals surface area contributed by atoms with Gasteiger partial charge in [0.15, 0.2) is 11.7 Å². The second kappa shape index (κ2) is 18.2. The van der Waals surface area contributed by atoms with Crippen molar-refractivity contribution < 1.29 is 20.1 Å². The number of aromatic amines is 1. The zero-order chi connectivity index (χ0) is 52.4. The molecule has 76 heavy (non-hydrogen) atoms. The maximum atomic E-state index is 16.2. The van der Waals surface area contributed by atoms with E-state index >= 15 is 4.79 Å². The third-order valence-electron chi connectivity index (χ3n) is 20.2. The number of fused-ring (bicyclic) bond motifs is 5. The molecule has 14 rings (SSSR count). The summed E-state index contributed by atoms with van der Waals surface area (Å²) >= 11 is 3.26. The Morgan fingerprint density at radius 3 is 2.71 bits per heavy atom. The van der Waals surface area contributed by atoms with Crippen molar-refractivity contribution in [3.63, 3.8) is 0 Å². The molecule has 11 nitrogen and oxygen atoms in total. The number of allylic oxidation sites excluding steroid dienone is 3. The Hall–Kier alpha value is -6.19.